The Labute approximate surface area is 106 Å². The fourth-order valence-corrected chi connectivity index (χ4v) is 1.78. The maximum absolute atomic E-state index is 11.6. The minimum atomic E-state index is -0.401. The van der Waals surface area contributed by atoms with E-state index in [1.54, 1.807) is 0 Å². The van der Waals surface area contributed by atoms with Crippen LogP contribution in [0.15, 0.2) is 24.3 Å². The van der Waals surface area contributed by atoms with Gasteiger partial charge < -0.3 is 9.72 Å². The molecule has 0 amide bonds. The highest BCUT2D eigenvalue weighted by Crippen LogP contribution is 2.19. The van der Waals surface area contributed by atoms with Crippen LogP contribution >= 0.6 is 0 Å². The summed E-state index contributed by atoms with van der Waals surface area (Å²) < 4.78 is 4.73. The lowest BCUT2D eigenvalue weighted by Gasteiger charge is -1.97. The summed E-state index contributed by atoms with van der Waals surface area (Å²) in [4.78, 5) is 19.1. The van der Waals surface area contributed by atoms with E-state index in [4.69, 9.17) is 4.74 Å². The largest absolute Gasteiger partial charge is 0.464 e. The lowest BCUT2D eigenvalue weighted by molar-refractivity contribution is 0.0593. The zero-order valence-corrected chi connectivity index (χ0v) is 10.8. The van der Waals surface area contributed by atoms with E-state index in [9.17, 15) is 4.79 Å². The summed E-state index contributed by atoms with van der Waals surface area (Å²) in [5.41, 5.74) is 3.33. The molecule has 0 radical (unpaired) electrons. The minimum Gasteiger partial charge on any atom is -0.464 e. The third-order valence-electron chi connectivity index (χ3n) is 2.84. The Morgan fingerprint density at radius 1 is 1.33 bits per heavy atom. The molecular formula is C14H16N2O2. The molecule has 0 atom stereocenters. The average molecular weight is 244 g/mol. The number of esters is 1. The SMILES string of the molecule is CCc1[nH]c(-c2ccc(C)cc2)nc1C(=O)OC. The number of hydrogen-bond acceptors (Lipinski definition) is 3. The predicted octanol–water partition coefficient (Wildman–Crippen LogP) is 2.73. The average Bonchev–Trinajstić information content (AvgIpc) is 2.82. The molecule has 1 aromatic carbocycles. The normalized spacial score (nSPS) is 10.4. The molecule has 0 aliphatic heterocycles. The minimum absolute atomic E-state index is 0.371. The van der Waals surface area contributed by atoms with Crippen molar-refractivity contribution in [3.8, 4) is 11.4 Å². The van der Waals surface area contributed by atoms with Crippen molar-refractivity contribution in [1.29, 1.82) is 0 Å². The number of aromatic amines is 1. The zero-order valence-electron chi connectivity index (χ0n) is 10.8. The van der Waals surface area contributed by atoms with Crippen LogP contribution in [0.5, 0.6) is 0 Å². The summed E-state index contributed by atoms with van der Waals surface area (Å²) in [5, 5.41) is 0. The van der Waals surface area contributed by atoms with Crippen LogP contribution in [0.1, 0.15) is 28.7 Å². The number of carbonyl (C=O) groups is 1. The van der Waals surface area contributed by atoms with Crippen LogP contribution in [0.25, 0.3) is 11.4 Å². The summed E-state index contributed by atoms with van der Waals surface area (Å²) in [6.07, 6.45) is 0.712. The third kappa shape index (κ3) is 2.27. The lowest BCUT2D eigenvalue weighted by atomic mass is 10.1. The molecule has 1 heterocycles. The molecule has 0 spiro atoms. The van der Waals surface area contributed by atoms with Crippen molar-refractivity contribution in [3.63, 3.8) is 0 Å². The second-order valence-corrected chi connectivity index (χ2v) is 4.12. The van der Waals surface area contributed by atoms with Gasteiger partial charge in [-0.2, -0.15) is 0 Å². The molecule has 4 heteroatoms. The van der Waals surface area contributed by atoms with Crippen molar-refractivity contribution < 1.29 is 9.53 Å². The molecular weight excluding hydrogens is 228 g/mol. The fraction of sp³-hybridized carbons (Fsp3) is 0.286. The molecule has 0 bridgehead atoms. The maximum atomic E-state index is 11.6. The monoisotopic (exact) mass is 244 g/mol. The van der Waals surface area contributed by atoms with Crippen LogP contribution in [0, 0.1) is 6.92 Å². The first-order valence-corrected chi connectivity index (χ1v) is 5.90. The van der Waals surface area contributed by atoms with Gasteiger partial charge in [-0.3, -0.25) is 0 Å². The van der Waals surface area contributed by atoms with Crippen LogP contribution in [0.4, 0.5) is 0 Å². The second kappa shape index (κ2) is 5.04. The molecule has 0 saturated carbocycles. The first-order valence-electron chi connectivity index (χ1n) is 5.90. The van der Waals surface area contributed by atoms with Crippen molar-refractivity contribution in [2.24, 2.45) is 0 Å². The lowest BCUT2D eigenvalue weighted by Crippen LogP contribution is -2.04. The number of imidazole rings is 1. The summed E-state index contributed by atoms with van der Waals surface area (Å²) in [6.45, 7) is 4.00. The Morgan fingerprint density at radius 2 is 2.00 bits per heavy atom. The number of methoxy groups -OCH3 is 1. The van der Waals surface area contributed by atoms with Crippen molar-refractivity contribution in [3.05, 3.63) is 41.2 Å². The van der Waals surface area contributed by atoms with Crippen molar-refractivity contribution in [2.45, 2.75) is 20.3 Å². The Balaban J connectivity index is 2.43. The van der Waals surface area contributed by atoms with Crippen LogP contribution in [0.2, 0.25) is 0 Å². The quantitative estimate of drug-likeness (QED) is 0.844. The first kappa shape index (κ1) is 12.4. The number of nitrogens with one attached hydrogen (secondary N) is 1. The molecule has 1 aromatic heterocycles. The van der Waals surface area contributed by atoms with E-state index in [0.717, 1.165) is 11.3 Å². The Kier molecular flexibility index (Phi) is 3.46. The van der Waals surface area contributed by atoms with Crippen molar-refractivity contribution >= 4 is 5.97 Å². The summed E-state index contributed by atoms with van der Waals surface area (Å²) in [5.74, 6) is 0.300. The zero-order chi connectivity index (χ0) is 13.1. The molecule has 0 aliphatic carbocycles. The number of rotatable bonds is 3. The Bertz CT molecular complexity index is 556. The van der Waals surface area contributed by atoms with E-state index in [-0.39, 0.29) is 0 Å². The molecule has 0 fully saturated rings. The van der Waals surface area contributed by atoms with E-state index in [1.165, 1.54) is 12.7 Å². The molecule has 0 aliphatic rings. The van der Waals surface area contributed by atoms with Crippen LogP contribution in [-0.4, -0.2) is 23.0 Å². The van der Waals surface area contributed by atoms with Gasteiger partial charge in [0.15, 0.2) is 5.69 Å². The molecule has 2 rings (SSSR count). The highest BCUT2D eigenvalue weighted by atomic mass is 16.5. The molecule has 18 heavy (non-hydrogen) atoms. The number of ether oxygens (including phenoxy) is 1. The number of aryl methyl sites for hydroxylation is 2. The Morgan fingerprint density at radius 3 is 2.56 bits per heavy atom. The Hall–Kier alpha value is -2.10. The van der Waals surface area contributed by atoms with Gasteiger partial charge in [-0.25, -0.2) is 9.78 Å². The van der Waals surface area contributed by atoms with Crippen molar-refractivity contribution in [2.75, 3.05) is 7.11 Å². The molecule has 0 saturated heterocycles. The van der Waals surface area contributed by atoms with Gasteiger partial charge in [0.05, 0.1) is 7.11 Å². The molecule has 0 unspecified atom stereocenters. The molecule has 4 nitrogen and oxygen atoms in total. The van der Waals surface area contributed by atoms with Gasteiger partial charge in [0.25, 0.3) is 0 Å². The van der Waals surface area contributed by atoms with E-state index < -0.39 is 5.97 Å². The number of carbonyl (C=O) groups excluding carboxylic acids is 1. The molecule has 2 aromatic rings. The smallest absolute Gasteiger partial charge is 0.358 e. The van der Waals surface area contributed by atoms with E-state index in [1.807, 2.05) is 38.1 Å². The number of benzene rings is 1. The maximum Gasteiger partial charge on any atom is 0.358 e. The van der Waals surface area contributed by atoms with Gasteiger partial charge in [0, 0.05) is 11.3 Å². The van der Waals surface area contributed by atoms with E-state index >= 15 is 0 Å². The van der Waals surface area contributed by atoms with Gasteiger partial charge >= 0.3 is 5.97 Å². The van der Waals surface area contributed by atoms with Gasteiger partial charge in [-0.05, 0) is 13.3 Å². The van der Waals surface area contributed by atoms with Crippen molar-refractivity contribution in [1.82, 2.24) is 9.97 Å². The standard InChI is InChI=1S/C14H16N2O2/c1-4-11-12(14(17)18-3)16-13(15-11)10-7-5-9(2)6-8-10/h5-8H,4H2,1-3H3,(H,15,16). The number of aromatic nitrogens is 2. The summed E-state index contributed by atoms with van der Waals surface area (Å²) >= 11 is 0. The van der Waals surface area contributed by atoms with Gasteiger partial charge in [0.2, 0.25) is 0 Å². The van der Waals surface area contributed by atoms with Gasteiger partial charge in [-0.15, -0.1) is 0 Å². The van der Waals surface area contributed by atoms with E-state index in [0.29, 0.717) is 17.9 Å². The van der Waals surface area contributed by atoms with Crippen LogP contribution in [-0.2, 0) is 11.2 Å². The highest BCUT2D eigenvalue weighted by Gasteiger charge is 2.17. The summed E-state index contributed by atoms with van der Waals surface area (Å²) in [7, 11) is 1.36. The summed E-state index contributed by atoms with van der Waals surface area (Å²) in [6, 6.07) is 7.99. The van der Waals surface area contributed by atoms with Gasteiger partial charge in [0.1, 0.15) is 5.82 Å². The number of H-pyrrole nitrogens is 1. The van der Waals surface area contributed by atoms with Gasteiger partial charge in [-0.1, -0.05) is 36.8 Å². The fourth-order valence-electron chi connectivity index (χ4n) is 1.78. The third-order valence-corrected chi connectivity index (χ3v) is 2.84. The molecule has 94 valence electrons. The number of hydrogen-bond donors (Lipinski definition) is 1. The predicted molar refractivity (Wildman–Crippen MR) is 69.5 cm³/mol. The number of nitrogens with zero attached hydrogens (tertiary/aromatic N) is 1. The van der Waals surface area contributed by atoms with Crippen LogP contribution in [0.3, 0.4) is 0 Å². The highest BCUT2D eigenvalue weighted by molar-refractivity contribution is 5.89. The van der Waals surface area contributed by atoms with Crippen LogP contribution < -0.4 is 0 Å². The second-order valence-electron chi connectivity index (χ2n) is 4.12. The topological polar surface area (TPSA) is 55.0 Å². The molecule has 1 N–H and O–H groups in total. The van der Waals surface area contributed by atoms with E-state index in [2.05, 4.69) is 9.97 Å². The first-order chi connectivity index (χ1) is 8.65.